The van der Waals surface area contributed by atoms with Crippen LogP contribution in [-0.2, 0) is 6.54 Å². The van der Waals surface area contributed by atoms with Crippen LogP contribution in [0.5, 0.6) is 0 Å². The van der Waals surface area contributed by atoms with E-state index in [0.717, 1.165) is 13.0 Å². The van der Waals surface area contributed by atoms with Crippen LogP contribution in [0, 0.1) is 5.82 Å². The van der Waals surface area contributed by atoms with E-state index in [-0.39, 0.29) is 5.82 Å². The van der Waals surface area contributed by atoms with Gasteiger partial charge in [0.05, 0.1) is 0 Å². The average Bonchev–Trinajstić information content (AvgIpc) is 2.29. The van der Waals surface area contributed by atoms with Crippen molar-refractivity contribution < 1.29 is 9.18 Å². The fraction of sp³-hybridized carbons (Fsp3) is 0.417. The van der Waals surface area contributed by atoms with Crippen molar-refractivity contribution in [3.05, 3.63) is 35.1 Å². The molecule has 5 heteroatoms. The summed E-state index contributed by atoms with van der Waals surface area (Å²) < 4.78 is 13.5. The molecule has 1 rings (SSSR count). The SMILES string of the molecule is CN(CCCN)Cc1cc(C(N)=O)ccc1F. The molecule has 94 valence electrons. The van der Waals surface area contributed by atoms with Crippen LogP contribution in [0.1, 0.15) is 22.3 Å². The Morgan fingerprint density at radius 3 is 2.76 bits per heavy atom. The molecule has 4 N–H and O–H groups in total. The van der Waals surface area contributed by atoms with E-state index in [2.05, 4.69) is 0 Å². The van der Waals surface area contributed by atoms with E-state index in [4.69, 9.17) is 11.5 Å². The highest BCUT2D eigenvalue weighted by molar-refractivity contribution is 5.92. The maximum atomic E-state index is 13.5. The van der Waals surface area contributed by atoms with Crippen molar-refractivity contribution in [1.82, 2.24) is 4.90 Å². The van der Waals surface area contributed by atoms with Crippen LogP contribution < -0.4 is 11.5 Å². The number of hydrogen-bond donors (Lipinski definition) is 2. The summed E-state index contributed by atoms with van der Waals surface area (Å²) >= 11 is 0. The van der Waals surface area contributed by atoms with E-state index < -0.39 is 5.91 Å². The number of benzene rings is 1. The number of nitrogens with zero attached hydrogens (tertiary/aromatic N) is 1. The van der Waals surface area contributed by atoms with E-state index in [9.17, 15) is 9.18 Å². The lowest BCUT2D eigenvalue weighted by molar-refractivity contribution is 0.1000. The predicted molar refractivity (Wildman–Crippen MR) is 64.9 cm³/mol. The molecular formula is C12H18FN3O. The first-order chi connectivity index (χ1) is 8.04. The van der Waals surface area contributed by atoms with Gasteiger partial charge in [0.15, 0.2) is 0 Å². The molecule has 0 spiro atoms. The molecule has 0 bridgehead atoms. The predicted octanol–water partition coefficient (Wildman–Crippen LogP) is 0.705. The normalized spacial score (nSPS) is 10.8. The van der Waals surface area contributed by atoms with Gasteiger partial charge in [-0.1, -0.05) is 0 Å². The topological polar surface area (TPSA) is 72.3 Å². The molecule has 1 aromatic rings. The lowest BCUT2D eigenvalue weighted by Crippen LogP contribution is -2.22. The van der Waals surface area contributed by atoms with Gasteiger partial charge >= 0.3 is 0 Å². The number of carbonyl (C=O) groups is 1. The monoisotopic (exact) mass is 239 g/mol. The van der Waals surface area contributed by atoms with Crippen molar-refractivity contribution in [2.45, 2.75) is 13.0 Å². The molecule has 0 aliphatic carbocycles. The molecule has 0 saturated carbocycles. The van der Waals surface area contributed by atoms with Gasteiger partial charge in [0.2, 0.25) is 5.91 Å². The highest BCUT2D eigenvalue weighted by atomic mass is 19.1. The van der Waals surface area contributed by atoms with Crippen molar-refractivity contribution in [2.75, 3.05) is 20.1 Å². The lowest BCUT2D eigenvalue weighted by atomic mass is 10.1. The summed E-state index contributed by atoms with van der Waals surface area (Å²) in [5.41, 5.74) is 11.4. The second kappa shape index (κ2) is 6.32. The third-order valence-electron chi connectivity index (χ3n) is 2.51. The molecule has 0 aliphatic heterocycles. The van der Waals surface area contributed by atoms with Crippen LogP contribution in [0.2, 0.25) is 0 Å². The molecule has 1 amide bonds. The van der Waals surface area contributed by atoms with Crippen LogP contribution in [0.15, 0.2) is 18.2 Å². The van der Waals surface area contributed by atoms with Gasteiger partial charge in [-0.15, -0.1) is 0 Å². The first-order valence-electron chi connectivity index (χ1n) is 5.51. The second-order valence-electron chi connectivity index (χ2n) is 4.05. The van der Waals surface area contributed by atoms with Crippen LogP contribution in [0.4, 0.5) is 4.39 Å². The quantitative estimate of drug-likeness (QED) is 0.767. The summed E-state index contributed by atoms with van der Waals surface area (Å²) in [5, 5.41) is 0. The Kier molecular flexibility index (Phi) is 5.06. The largest absolute Gasteiger partial charge is 0.366 e. The zero-order valence-electron chi connectivity index (χ0n) is 9.95. The second-order valence-corrected chi connectivity index (χ2v) is 4.05. The van der Waals surface area contributed by atoms with E-state index in [1.807, 2.05) is 11.9 Å². The molecule has 0 aromatic heterocycles. The standard InChI is InChI=1S/C12H18FN3O/c1-16(6-2-5-14)8-10-7-9(12(15)17)3-4-11(10)13/h3-4,7H,2,5-6,8,14H2,1H3,(H2,15,17). The van der Waals surface area contributed by atoms with Gasteiger partial charge in [0.1, 0.15) is 5.82 Å². The molecule has 0 atom stereocenters. The molecule has 0 saturated heterocycles. The van der Waals surface area contributed by atoms with E-state index >= 15 is 0 Å². The molecule has 4 nitrogen and oxygen atoms in total. The number of rotatable bonds is 6. The van der Waals surface area contributed by atoms with Crippen molar-refractivity contribution in [2.24, 2.45) is 11.5 Å². The third kappa shape index (κ3) is 4.13. The molecule has 0 heterocycles. The summed E-state index contributed by atoms with van der Waals surface area (Å²) in [7, 11) is 1.88. The molecule has 0 aliphatic rings. The van der Waals surface area contributed by atoms with E-state index in [1.165, 1.54) is 18.2 Å². The third-order valence-corrected chi connectivity index (χ3v) is 2.51. The van der Waals surface area contributed by atoms with Crippen molar-refractivity contribution >= 4 is 5.91 Å². The maximum Gasteiger partial charge on any atom is 0.248 e. The van der Waals surface area contributed by atoms with Gasteiger partial charge in [0.25, 0.3) is 0 Å². The van der Waals surface area contributed by atoms with Crippen LogP contribution >= 0.6 is 0 Å². The minimum atomic E-state index is -0.545. The van der Waals surface area contributed by atoms with Gasteiger partial charge < -0.3 is 16.4 Å². The smallest absolute Gasteiger partial charge is 0.248 e. The molecule has 0 fully saturated rings. The molecule has 17 heavy (non-hydrogen) atoms. The zero-order chi connectivity index (χ0) is 12.8. The molecule has 0 radical (unpaired) electrons. The Labute approximate surface area is 100 Å². The number of carbonyl (C=O) groups excluding carboxylic acids is 1. The highest BCUT2D eigenvalue weighted by Crippen LogP contribution is 2.12. The fourth-order valence-corrected chi connectivity index (χ4v) is 1.58. The summed E-state index contributed by atoms with van der Waals surface area (Å²) in [4.78, 5) is 12.9. The lowest BCUT2D eigenvalue weighted by Gasteiger charge is -2.16. The summed E-state index contributed by atoms with van der Waals surface area (Å²) in [6.07, 6.45) is 0.855. The number of primary amides is 1. The van der Waals surface area contributed by atoms with Gasteiger partial charge in [0, 0.05) is 17.7 Å². The number of halogens is 1. The Morgan fingerprint density at radius 2 is 2.18 bits per heavy atom. The maximum absolute atomic E-state index is 13.5. The fourth-order valence-electron chi connectivity index (χ4n) is 1.58. The highest BCUT2D eigenvalue weighted by Gasteiger charge is 2.09. The Bertz CT molecular complexity index is 395. The first kappa shape index (κ1) is 13.6. The van der Waals surface area contributed by atoms with Crippen LogP contribution in [0.3, 0.4) is 0 Å². The first-order valence-corrected chi connectivity index (χ1v) is 5.51. The van der Waals surface area contributed by atoms with Crippen molar-refractivity contribution in [3.8, 4) is 0 Å². The minimum Gasteiger partial charge on any atom is -0.366 e. The molecule has 1 aromatic carbocycles. The van der Waals surface area contributed by atoms with Crippen LogP contribution in [-0.4, -0.2) is 30.9 Å². The van der Waals surface area contributed by atoms with Gasteiger partial charge in [-0.2, -0.15) is 0 Å². The summed E-state index contributed by atoms with van der Waals surface area (Å²) in [6.45, 7) is 1.83. The number of nitrogens with two attached hydrogens (primary N) is 2. The number of amides is 1. The van der Waals surface area contributed by atoms with E-state index in [1.54, 1.807) is 0 Å². The van der Waals surface area contributed by atoms with Gasteiger partial charge in [-0.05, 0) is 44.8 Å². The zero-order valence-corrected chi connectivity index (χ0v) is 9.95. The van der Waals surface area contributed by atoms with Crippen molar-refractivity contribution in [1.29, 1.82) is 0 Å². The minimum absolute atomic E-state index is 0.324. The Hall–Kier alpha value is -1.46. The Balaban J connectivity index is 2.75. The van der Waals surface area contributed by atoms with Crippen molar-refractivity contribution in [3.63, 3.8) is 0 Å². The van der Waals surface area contributed by atoms with Gasteiger partial charge in [-0.25, -0.2) is 4.39 Å². The average molecular weight is 239 g/mol. The van der Waals surface area contributed by atoms with Gasteiger partial charge in [-0.3, -0.25) is 4.79 Å². The van der Waals surface area contributed by atoms with Crippen LogP contribution in [0.25, 0.3) is 0 Å². The summed E-state index contributed by atoms with van der Waals surface area (Å²) in [6, 6.07) is 4.16. The number of hydrogen-bond acceptors (Lipinski definition) is 3. The molecule has 0 unspecified atom stereocenters. The molecular weight excluding hydrogens is 221 g/mol. The Morgan fingerprint density at radius 1 is 1.47 bits per heavy atom. The summed E-state index contributed by atoms with van der Waals surface area (Å²) in [5.74, 6) is -0.870. The van der Waals surface area contributed by atoms with E-state index in [0.29, 0.717) is 24.2 Å².